The van der Waals surface area contributed by atoms with Crippen molar-refractivity contribution in [1.82, 2.24) is 19.5 Å². The molecule has 0 saturated heterocycles. The second-order valence-corrected chi connectivity index (χ2v) is 6.14. The van der Waals surface area contributed by atoms with Crippen LogP contribution in [0, 0.1) is 5.41 Å². The van der Waals surface area contributed by atoms with Gasteiger partial charge >= 0.3 is 17.9 Å². The van der Waals surface area contributed by atoms with Gasteiger partial charge in [-0.25, -0.2) is 4.98 Å². The van der Waals surface area contributed by atoms with Crippen molar-refractivity contribution in [3.8, 4) is 0 Å². The van der Waals surface area contributed by atoms with Gasteiger partial charge in [-0.15, -0.1) is 0 Å². The smallest absolute Gasteiger partial charge is 0.335 e. The molecule has 0 aliphatic carbocycles. The zero-order valence-corrected chi connectivity index (χ0v) is 17.1. The van der Waals surface area contributed by atoms with Crippen LogP contribution in [0.3, 0.4) is 0 Å². The SMILES string of the molecule is CCOC(=O)C(CCn1cnc2c(N)nc(Cl)nc21)(C(=O)OCC)C(=O)OCC. The molecule has 29 heavy (non-hydrogen) atoms. The summed E-state index contributed by atoms with van der Waals surface area (Å²) in [7, 11) is 0. The fourth-order valence-electron chi connectivity index (χ4n) is 2.71. The van der Waals surface area contributed by atoms with Crippen LogP contribution in [0.5, 0.6) is 0 Å². The second kappa shape index (κ2) is 9.50. The number of hydrogen-bond acceptors (Lipinski definition) is 10. The number of halogens is 1. The number of aryl methyl sites for hydroxylation is 1. The molecule has 12 heteroatoms. The highest BCUT2D eigenvalue weighted by molar-refractivity contribution is 6.28. The quantitative estimate of drug-likeness (QED) is 0.267. The number of rotatable bonds is 9. The van der Waals surface area contributed by atoms with Crippen LogP contribution in [-0.2, 0) is 35.1 Å². The number of esters is 3. The van der Waals surface area contributed by atoms with Gasteiger partial charge in [-0.3, -0.25) is 14.4 Å². The summed E-state index contributed by atoms with van der Waals surface area (Å²) < 4.78 is 16.5. The molecule has 2 aromatic heterocycles. The van der Waals surface area contributed by atoms with Crippen LogP contribution in [0.4, 0.5) is 5.82 Å². The lowest BCUT2D eigenvalue weighted by Crippen LogP contribution is -2.50. The molecule has 0 aliphatic heterocycles. The van der Waals surface area contributed by atoms with Crippen molar-refractivity contribution in [3.05, 3.63) is 11.6 Å². The Morgan fingerprint density at radius 2 is 1.55 bits per heavy atom. The molecule has 2 rings (SSSR count). The van der Waals surface area contributed by atoms with Gasteiger partial charge in [0.1, 0.15) is 5.52 Å². The number of carbonyl (C=O) groups excluding carboxylic acids is 3. The number of fused-ring (bicyclic) bond motifs is 1. The van der Waals surface area contributed by atoms with E-state index in [1.807, 2.05) is 0 Å². The Labute approximate surface area is 171 Å². The third kappa shape index (κ3) is 4.39. The fourth-order valence-corrected chi connectivity index (χ4v) is 2.88. The summed E-state index contributed by atoms with van der Waals surface area (Å²) in [4.78, 5) is 50.1. The number of hydrogen-bond donors (Lipinski definition) is 1. The van der Waals surface area contributed by atoms with Crippen molar-refractivity contribution in [2.24, 2.45) is 5.41 Å². The normalized spacial score (nSPS) is 11.3. The van der Waals surface area contributed by atoms with Gasteiger partial charge in [0.2, 0.25) is 5.28 Å². The molecule has 0 amide bonds. The minimum absolute atomic E-state index is 0.0281. The van der Waals surface area contributed by atoms with E-state index in [0.29, 0.717) is 5.52 Å². The summed E-state index contributed by atoms with van der Waals surface area (Å²) in [6.07, 6.45) is 1.08. The molecule has 0 fully saturated rings. The van der Waals surface area contributed by atoms with E-state index < -0.39 is 23.3 Å². The summed E-state index contributed by atoms with van der Waals surface area (Å²) in [5.41, 5.74) is 4.07. The van der Waals surface area contributed by atoms with Crippen molar-refractivity contribution < 1.29 is 28.6 Å². The van der Waals surface area contributed by atoms with E-state index in [1.54, 1.807) is 20.8 Å². The van der Waals surface area contributed by atoms with Gasteiger partial charge in [-0.05, 0) is 32.4 Å². The Morgan fingerprint density at radius 1 is 1.03 bits per heavy atom. The molecule has 2 N–H and O–H groups in total. The monoisotopic (exact) mass is 427 g/mol. The first-order chi connectivity index (χ1) is 13.8. The minimum Gasteiger partial charge on any atom is -0.465 e. The highest BCUT2D eigenvalue weighted by atomic mass is 35.5. The van der Waals surface area contributed by atoms with E-state index in [4.69, 9.17) is 31.5 Å². The highest BCUT2D eigenvalue weighted by Gasteiger charge is 2.57. The van der Waals surface area contributed by atoms with Crippen molar-refractivity contribution >= 4 is 46.5 Å². The predicted octanol–water partition coefficient (Wildman–Crippen LogP) is 1.13. The largest absolute Gasteiger partial charge is 0.465 e. The summed E-state index contributed by atoms with van der Waals surface area (Å²) in [5.74, 6) is -3.07. The Hall–Kier alpha value is -2.95. The van der Waals surface area contributed by atoms with Crippen LogP contribution < -0.4 is 5.73 Å². The lowest BCUT2D eigenvalue weighted by molar-refractivity contribution is -0.184. The molecule has 11 nitrogen and oxygen atoms in total. The second-order valence-electron chi connectivity index (χ2n) is 5.80. The van der Waals surface area contributed by atoms with Crippen LogP contribution in [0.1, 0.15) is 27.2 Å². The molecule has 0 bridgehead atoms. The number of imidazole rings is 1. The van der Waals surface area contributed by atoms with Crippen molar-refractivity contribution in [3.63, 3.8) is 0 Å². The average Bonchev–Trinajstić information content (AvgIpc) is 3.06. The number of anilines is 1. The van der Waals surface area contributed by atoms with Crippen LogP contribution in [-0.4, -0.2) is 57.2 Å². The number of nitrogen functional groups attached to an aromatic ring is 1. The molecule has 158 valence electrons. The summed E-state index contributed by atoms with van der Waals surface area (Å²) in [5, 5.41) is -0.0933. The van der Waals surface area contributed by atoms with Crippen LogP contribution in [0.15, 0.2) is 6.33 Å². The summed E-state index contributed by atoms with van der Waals surface area (Å²) in [6.45, 7) is 4.55. The van der Waals surface area contributed by atoms with E-state index in [2.05, 4.69) is 15.0 Å². The molecular formula is C17H22ClN5O6. The number of aromatic nitrogens is 4. The van der Waals surface area contributed by atoms with E-state index in [-0.39, 0.29) is 49.5 Å². The highest BCUT2D eigenvalue weighted by Crippen LogP contribution is 2.30. The zero-order valence-electron chi connectivity index (χ0n) is 16.3. The van der Waals surface area contributed by atoms with E-state index >= 15 is 0 Å². The molecule has 0 aliphatic rings. The van der Waals surface area contributed by atoms with Crippen LogP contribution >= 0.6 is 11.6 Å². The van der Waals surface area contributed by atoms with E-state index in [1.165, 1.54) is 10.9 Å². The maximum absolute atomic E-state index is 12.7. The number of carbonyl (C=O) groups is 3. The van der Waals surface area contributed by atoms with Gasteiger partial charge in [0.05, 0.1) is 26.1 Å². The van der Waals surface area contributed by atoms with E-state index in [9.17, 15) is 14.4 Å². The van der Waals surface area contributed by atoms with Gasteiger partial charge in [0.25, 0.3) is 5.41 Å². The molecule has 0 atom stereocenters. The minimum atomic E-state index is -2.29. The van der Waals surface area contributed by atoms with Crippen molar-refractivity contribution in [1.29, 1.82) is 0 Å². The Kier molecular flexibility index (Phi) is 7.32. The van der Waals surface area contributed by atoms with Gasteiger partial charge in [0.15, 0.2) is 11.5 Å². The maximum atomic E-state index is 12.7. The third-order valence-corrected chi connectivity index (χ3v) is 4.23. The van der Waals surface area contributed by atoms with Crippen molar-refractivity contribution in [2.45, 2.75) is 33.7 Å². The molecule has 2 aromatic rings. The summed E-state index contributed by atoms with van der Waals surface area (Å²) >= 11 is 5.85. The number of nitrogens with two attached hydrogens (primary N) is 1. The molecule has 0 spiro atoms. The third-order valence-electron chi connectivity index (χ3n) is 4.06. The topological polar surface area (TPSA) is 149 Å². The van der Waals surface area contributed by atoms with Gasteiger partial charge < -0.3 is 24.5 Å². The first-order valence-electron chi connectivity index (χ1n) is 8.97. The lowest BCUT2D eigenvalue weighted by Gasteiger charge is -2.27. The molecule has 2 heterocycles. The first-order valence-corrected chi connectivity index (χ1v) is 9.35. The predicted molar refractivity (Wildman–Crippen MR) is 102 cm³/mol. The van der Waals surface area contributed by atoms with E-state index in [0.717, 1.165) is 0 Å². The lowest BCUT2D eigenvalue weighted by atomic mass is 9.84. The molecule has 0 unspecified atom stereocenters. The number of nitrogens with zero attached hydrogens (tertiary/aromatic N) is 4. The maximum Gasteiger partial charge on any atom is 0.335 e. The molecule has 0 aromatic carbocycles. The molecule has 0 radical (unpaired) electrons. The molecular weight excluding hydrogens is 406 g/mol. The average molecular weight is 428 g/mol. The Bertz CT molecular complexity index is 870. The standard InChI is InChI=1S/C17H22ClN5O6/c1-4-27-13(24)17(14(25)28-5-2,15(26)29-6-3)7-8-23-9-20-10-11(19)21-16(18)22-12(10)23/h9H,4-8H2,1-3H3,(H2,19,21,22). The van der Waals surface area contributed by atoms with Gasteiger partial charge in [0, 0.05) is 13.0 Å². The number of ether oxygens (including phenoxy) is 3. The van der Waals surface area contributed by atoms with Gasteiger partial charge in [-0.1, -0.05) is 0 Å². The van der Waals surface area contributed by atoms with Crippen LogP contribution in [0.25, 0.3) is 11.2 Å². The summed E-state index contributed by atoms with van der Waals surface area (Å²) in [6, 6.07) is 0. The Morgan fingerprint density at radius 3 is 2.03 bits per heavy atom. The first kappa shape index (κ1) is 22.3. The Balaban J connectivity index is 2.47. The zero-order chi connectivity index (χ0) is 21.6. The van der Waals surface area contributed by atoms with Gasteiger partial charge in [-0.2, -0.15) is 9.97 Å². The molecule has 0 saturated carbocycles. The fraction of sp³-hybridized carbons (Fsp3) is 0.529. The van der Waals surface area contributed by atoms with Crippen molar-refractivity contribution in [2.75, 3.05) is 25.6 Å². The van der Waals surface area contributed by atoms with Crippen LogP contribution in [0.2, 0.25) is 5.28 Å².